The van der Waals surface area contributed by atoms with Gasteiger partial charge in [-0.05, 0) is 49.2 Å². The number of para-hydroxylation sites is 1. The third kappa shape index (κ3) is 3.34. The highest BCUT2D eigenvalue weighted by Gasteiger charge is 2.39. The van der Waals surface area contributed by atoms with E-state index in [1.807, 2.05) is 24.4 Å². The number of fused-ring (bicyclic) bond motifs is 1. The zero-order valence-corrected chi connectivity index (χ0v) is 15.6. The highest BCUT2D eigenvalue weighted by Crippen LogP contribution is 2.24. The number of ketones is 1. The summed E-state index contributed by atoms with van der Waals surface area (Å²) in [6.45, 7) is 2.08. The SMILES string of the molecule is CC(=O)c1ccc(N2C(=O)C[C@@H](NCCc3c[nH]c4ccccc34)C2=O)cc1. The van der Waals surface area contributed by atoms with Crippen molar-refractivity contribution in [1.29, 1.82) is 0 Å². The molecule has 2 aromatic carbocycles. The second-order valence-electron chi connectivity index (χ2n) is 6.99. The number of hydrogen-bond donors (Lipinski definition) is 2. The first-order chi connectivity index (χ1) is 13.5. The molecule has 0 saturated carbocycles. The fraction of sp³-hybridized carbons (Fsp3) is 0.227. The lowest BCUT2D eigenvalue weighted by Crippen LogP contribution is -2.39. The molecule has 142 valence electrons. The summed E-state index contributed by atoms with van der Waals surface area (Å²) in [5.41, 5.74) is 3.32. The normalized spacial score (nSPS) is 16.9. The Bertz CT molecular complexity index is 1050. The average Bonchev–Trinajstić information content (AvgIpc) is 3.23. The molecule has 28 heavy (non-hydrogen) atoms. The van der Waals surface area contributed by atoms with Gasteiger partial charge in [-0.15, -0.1) is 0 Å². The predicted molar refractivity (Wildman–Crippen MR) is 107 cm³/mol. The van der Waals surface area contributed by atoms with Gasteiger partial charge in [0.1, 0.15) is 0 Å². The average molecular weight is 375 g/mol. The Morgan fingerprint density at radius 2 is 1.89 bits per heavy atom. The quantitative estimate of drug-likeness (QED) is 0.513. The van der Waals surface area contributed by atoms with E-state index in [-0.39, 0.29) is 24.0 Å². The molecule has 0 spiro atoms. The van der Waals surface area contributed by atoms with E-state index in [2.05, 4.69) is 16.4 Å². The maximum atomic E-state index is 12.7. The minimum absolute atomic E-state index is 0.0533. The number of aromatic amines is 1. The van der Waals surface area contributed by atoms with Crippen LogP contribution in [0.3, 0.4) is 0 Å². The lowest BCUT2D eigenvalue weighted by atomic mass is 10.1. The molecule has 1 aromatic heterocycles. The molecule has 3 aromatic rings. The number of carbonyl (C=O) groups is 3. The molecule has 0 aliphatic carbocycles. The summed E-state index contributed by atoms with van der Waals surface area (Å²) >= 11 is 0. The number of carbonyl (C=O) groups excluding carboxylic acids is 3. The van der Waals surface area contributed by atoms with E-state index >= 15 is 0 Å². The highest BCUT2D eigenvalue weighted by atomic mass is 16.2. The van der Waals surface area contributed by atoms with E-state index in [0.29, 0.717) is 17.8 Å². The molecule has 1 fully saturated rings. The number of Topliss-reactive ketones (excluding diaryl/α,β-unsaturated/α-hetero) is 1. The third-order valence-electron chi connectivity index (χ3n) is 5.14. The second kappa shape index (κ2) is 7.40. The van der Waals surface area contributed by atoms with Crippen molar-refractivity contribution in [2.75, 3.05) is 11.4 Å². The fourth-order valence-corrected chi connectivity index (χ4v) is 3.63. The van der Waals surface area contributed by atoms with Crippen molar-refractivity contribution in [2.45, 2.75) is 25.8 Å². The Kier molecular flexibility index (Phi) is 4.79. The minimum Gasteiger partial charge on any atom is -0.361 e. The zero-order valence-electron chi connectivity index (χ0n) is 15.6. The number of benzene rings is 2. The minimum atomic E-state index is -0.523. The number of aromatic nitrogens is 1. The van der Waals surface area contributed by atoms with E-state index < -0.39 is 6.04 Å². The first-order valence-electron chi connectivity index (χ1n) is 9.31. The van der Waals surface area contributed by atoms with Gasteiger partial charge in [-0.25, -0.2) is 4.90 Å². The van der Waals surface area contributed by atoms with Gasteiger partial charge in [-0.2, -0.15) is 0 Å². The summed E-state index contributed by atoms with van der Waals surface area (Å²) in [5, 5.41) is 4.39. The zero-order chi connectivity index (χ0) is 19.7. The van der Waals surface area contributed by atoms with Gasteiger partial charge in [-0.3, -0.25) is 14.4 Å². The van der Waals surface area contributed by atoms with E-state index in [1.54, 1.807) is 24.3 Å². The largest absolute Gasteiger partial charge is 0.361 e. The number of hydrogen-bond acceptors (Lipinski definition) is 4. The summed E-state index contributed by atoms with van der Waals surface area (Å²) in [6.07, 6.45) is 2.88. The first kappa shape index (κ1) is 18.1. The number of H-pyrrole nitrogens is 1. The van der Waals surface area contributed by atoms with Crippen LogP contribution in [0.15, 0.2) is 54.7 Å². The maximum Gasteiger partial charge on any atom is 0.251 e. The molecule has 6 heteroatoms. The summed E-state index contributed by atoms with van der Waals surface area (Å²) in [6, 6.07) is 14.1. The van der Waals surface area contributed by atoms with Crippen molar-refractivity contribution in [2.24, 2.45) is 0 Å². The lowest BCUT2D eigenvalue weighted by Gasteiger charge is -2.16. The van der Waals surface area contributed by atoms with E-state index in [9.17, 15) is 14.4 Å². The van der Waals surface area contributed by atoms with Crippen LogP contribution in [0.25, 0.3) is 10.9 Å². The van der Waals surface area contributed by atoms with Gasteiger partial charge in [0.25, 0.3) is 5.91 Å². The standard InChI is InChI=1S/C22H21N3O3/c1-14(26)15-6-8-17(9-7-15)25-21(27)12-20(22(25)28)23-11-10-16-13-24-19-5-3-2-4-18(16)19/h2-9,13,20,23-24H,10-12H2,1H3/t20-/m1/s1. The fourth-order valence-electron chi connectivity index (χ4n) is 3.63. The Morgan fingerprint density at radius 1 is 1.14 bits per heavy atom. The molecule has 0 bridgehead atoms. The monoisotopic (exact) mass is 375 g/mol. The maximum absolute atomic E-state index is 12.7. The van der Waals surface area contributed by atoms with Crippen molar-refractivity contribution in [3.63, 3.8) is 0 Å². The van der Waals surface area contributed by atoms with Crippen LogP contribution >= 0.6 is 0 Å². The summed E-state index contributed by atoms with van der Waals surface area (Å²) in [7, 11) is 0. The van der Waals surface area contributed by atoms with Crippen molar-refractivity contribution in [3.8, 4) is 0 Å². The van der Waals surface area contributed by atoms with Crippen LogP contribution in [0.4, 0.5) is 5.69 Å². The molecule has 2 amide bonds. The Morgan fingerprint density at radius 3 is 2.64 bits per heavy atom. The van der Waals surface area contributed by atoms with Crippen LogP contribution in [0.2, 0.25) is 0 Å². The van der Waals surface area contributed by atoms with Gasteiger partial charge >= 0.3 is 0 Å². The Labute approximate surface area is 162 Å². The molecule has 1 aliphatic heterocycles. The number of amides is 2. The molecule has 6 nitrogen and oxygen atoms in total. The van der Waals surface area contributed by atoms with Gasteiger partial charge in [0.15, 0.2) is 5.78 Å². The summed E-state index contributed by atoms with van der Waals surface area (Å²) < 4.78 is 0. The first-order valence-corrected chi connectivity index (χ1v) is 9.31. The van der Waals surface area contributed by atoms with Crippen molar-refractivity contribution >= 4 is 34.2 Å². The van der Waals surface area contributed by atoms with Gasteiger partial charge in [0.2, 0.25) is 5.91 Å². The molecule has 0 unspecified atom stereocenters. The van der Waals surface area contributed by atoms with Gasteiger partial charge in [0, 0.05) is 29.2 Å². The molecule has 4 rings (SSSR count). The third-order valence-corrected chi connectivity index (χ3v) is 5.14. The molecular formula is C22H21N3O3. The highest BCUT2D eigenvalue weighted by molar-refractivity contribution is 6.22. The smallest absolute Gasteiger partial charge is 0.251 e. The Balaban J connectivity index is 1.40. The molecule has 2 heterocycles. The summed E-state index contributed by atoms with van der Waals surface area (Å²) in [5.74, 6) is -0.535. The Hall–Kier alpha value is -3.25. The topological polar surface area (TPSA) is 82.3 Å². The number of nitrogens with zero attached hydrogens (tertiary/aromatic N) is 1. The number of imide groups is 1. The molecule has 1 aliphatic rings. The second-order valence-corrected chi connectivity index (χ2v) is 6.99. The van der Waals surface area contributed by atoms with E-state index in [4.69, 9.17) is 0 Å². The molecule has 1 atom stereocenters. The van der Waals surface area contributed by atoms with Crippen LogP contribution in [-0.4, -0.2) is 35.2 Å². The van der Waals surface area contributed by atoms with Crippen LogP contribution in [0, 0.1) is 0 Å². The van der Waals surface area contributed by atoms with Crippen molar-refractivity contribution in [1.82, 2.24) is 10.3 Å². The molecule has 2 N–H and O–H groups in total. The van der Waals surface area contributed by atoms with Crippen LogP contribution in [-0.2, 0) is 16.0 Å². The van der Waals surface area contributed by atoms with Crippen molar-refractivity contribution < 1.29 is 14.4 Å². The molecule has 1 saturated heterocycles. The van der Waals surface area contributed by atoms with Gasteiger partial charge in [0.05, 0.1) is 18.2 Å². The lowest BCUT2D eigenvalue weighted by molar-refractivity contribution is -0.121. The van der Waals surface area contributed by atoms with Crippen LogP contribution < -0.4 is 10.2 Å². The van der Waals surface area contributed by atoms with Crippen molar-refractivity contribution in [3.05, 3.63) is 65.9 Å². The molecular weight excluding hydrogens is 354 g/mol. The van der Waals surface area contributed by atoms with E-state index in [0.717, 1.165) is 11.9 Å². The predicted octanol–water partition coefficient (Wildman–Crippen LogP) is 2.83. The molecule has 0 radical (unpaired) electrons. The number of anilines is 1. The van der Waals surface area contributed by atoms with Gasteiger partial charge in [-0.1, -0.05) is 18.2 Å². The van der Waals surface area contributed by atoms with Gasteiger partial charge < -0.3 is 10.3 Å². The van der Waals surface area contributed by atoms with Crippen LogP contribution in [0.5, 0.6) is 0 Å². The number of nitrogens with one attached hydrogen (secondary N) is 2. The van der Waals surface area contributed by atoms with Crippen LogP contribution in [0.1, 0.15) is 29.3 Å². The number of rotatable bonds is 6. The summed E-state index contributed by atoms with van der Waals surface area (Å²) in [4.78, 5) is 40.9. The van der Waals surface area contributed by atoms with E-state index in [1.165, 1.54) is 22.8 Å².